The average molecular weight is 407 g/mol. The first-order chi connectivity index (χ1) is 14.0. The average Bonchev–Trinajstić information content (AvgIpc) is 3.21. The van der Waals surface area contributed by atoms with E-state index in [4.69, 9.17) is 9.84 Å². The normalized spacial score (nSPS) is 19.7. The van der Waals surface area contributed by atoms with E-state index < -0.39 is 17.7 Å². The van der Waals surface area contributed by atoms with Crippen molar-refractivity contribution in [2.24, 2.45) is 0 Å². The van der Waals surface area contributed by atoms with Crippen molar-refractivity contribution in [3.63, 3.8) is 0 Å². The van der Waals surface area contributed by atoms with Crippen LogP contribution in [0.3, 0.4) is 0 Å². The molecule has 160 valence electrons. The van der Waals surface area contributed by atoms with Crippen molar-refractivity contribution in [1.29, 1.82) is 0 Å². The fourth-order valence-electron chi connectivity index (χ4n) is 3.86. The lowest BCUT2D eigenvalue weighted by atomic mass is 9.95. The maximum absolute atomic E-state index is 14.8. The number of amides is 1. The number of benzene rings is 1. The van der Waals surface area contributed by atoms with Gasteiger partial charge in [-0.3, -0.25) is 9.59 Å². The molecule has 0 radical (unpaired) electrons. The molecule has 7 nitrogen and oxygen atoms in total. The third-order valence-corrected chi connectivity index (χ3v) is 5.46. The highest BCUT2D eigenvalue weighted by Crippen LogP contribution is 2.29. The van der Waals surface area contributed by atoms with Gasteiger partial charge in [0.25, 0.3) is 5.91 Å². The second-order valence-electron chi connectivity index (χ2n) is 7.81. The molecule has 3 rings (SSSR count). The van der Waals surface area contributed by atoms with Gasteiger partial charge in [0.1, 0.15) is 5.82 Å². The monoisotopic (exact) mass is 407 g/mol. The van der Waals surface area contributed by atoms with Gasteiger partial charge in [-0.1, -0.05) is 19.3 Å². The first-order valence-corrected chi connectivity index (χ1v) is 10.5. The topological polar surface area (TPSA) is 99.7 Å². The minimum absolute atomic E-state index is 0.0244. The molecular weight excluding hydrogens is 377 g/mol. The molecule has 1 aromatic rings. The summed E-state index contributed by atoms with van der Waals surface area (Å²) in [5.41, 5.74) is 1.19. The van der Waals surface area contributed by atoms with Crippen molar-refractivity contribution in [1.82, 2.24) is 5.32 Å². The zero-order valence-corrected chi connectivity index (χ0v) is 16.6. The molecule has 29 heavy (non-hydrogen) atoms. The van der Waals surface area contributed by atoms with Crippen LogP contribution in [0.15, 0.2) is 12.1 Å². The zero-order valence-electron chi connectivity index (χ0n) is 16.6. The Morgan fingerprint density at radius 3 is 2.52 bits per heavy atom. The molecule has 1 saturated heterocycles. The quantitative estimate of drug-likeness (QED) is 0.469. The molecule has 0 bridgehead atoms. The number of rotatable bonds is 9. The van der Waals surface area contributed by atoms with E-state index in [9.17, 15) is 14.0 Å². The summed E-state index contributed by atoms with van der Waals surface area (Å²) >= 11 is 0. The van der Waals surface area contributed by atoms with Gasteiger partial charge in [-0.25, -0.2) is 4.39 Å². The number of hydrogen-bond acceptors (Lipinski definition) is 5. The fourth-order valence-corrected chi connectivity index (χ4v) is 3.86. The Bertz CT molecular complexity index is 716. The highest BCUT2D eigenvalue weighted by molar-refractivity contribution is 6.00. The second-order valence-corrected chi connectivity index (χ2v) is 7.81. The molecule has 1 amide bonds. The highest BCUT2D eigenvalue weighted by atomic mass is 19.1. The van der Waals surface area contributed by atoms with Crippen LogP contribution in [0.1, 0.15) is 61.7 Å². The van der Waals surface area contributed by atoms with Crippen molar-refractivity contribution >= 4 is 23.3 Å². The first kappa shape index (κ1) is 21.4. The lowest BCUT2D eigenvalue weighted by Crippen LogP contribution is -2.28. The number of anilines is 2. The van der Waals surface area contributed by atoms with Crippen molar-refractivity contribution in [2.45, 2.75) is 63.5 Å². The number of halogens is 1. The van der Waals surface area contributed by atoms with Gasteiger partial charge in [-0.05, 0) is 37.8 Å². The number of nitrogens with one attached hydrogen (secondary N) is 3. The zero-order chi connectivity index (χ0) is 20.6. The van der Waals surface area contributed by atoms with E-state index in [1.807, 2.05) is 0 Å². The minimum Gasteiger partial charge on any atom is -0.481 e. The van der Waals surface area contributed by atoms with E-state index in [1.165, 1.54) is 12.5 Å². The molecule has 1 aliphatic heterocycles. The van der Waals surface area contributed by atoms with Gasteiger partial charge in [0.05, 0.1) is 23.9 Å². The number of carboxylic acids is 1. The van der Waals surface area contributed by atoms with Crippen LogP contribution in [0, 0.1) is 5.82 Å². The van der Waals surface area contributed by atoms with E-state index in [0.29, 0.717) is 31.0 Å². The van der Waals surface area contributed by atoms with Crippen LogP contribution in [-0.2, 0) is 9.53 Å². The van der Waals surface area contributed by atoms with Crippen molar-refractivity contribution < 1.29 is 23.8 Å². The molecule has 4 N–H and O–H groups in total. The lowest BCUT2D eigenvalue weighted by Gasteiger charge is -2.25. The molecule has 1 aliphatic carbocycles. The Hall–Kier alpha value is -2.35. The summed E-state index contributed by atoms with van der Waals surface area (Å²) in [6, 6.07) is 3.25. The van der Waals surface area contributed by atoms with E-state index in [2.05, 4.69) is 16.0 Å². The molecule has 0 spiro atoms. The van der Waals surface area contributed by atoms with Gasteiger partial charge in [0.15, 0.2) is 0 Å². The molecule has 2 fully saturated rings. The van der Waals surface area contributed by atoms with Crippen molar-refractivity contribution in [3.05, 3.63) is 23.5 Å². The molecule has 8 heteroatoms. The predicted molar refractivity (Wildman–Crippen MR) is 109 cm³/mol. The Labute approximate surface area is 170 Å². The van der Waals surface area contributed by atoms with Crippen LogP contribution >= 0.6 is 0 Å². The molecule has 1 saturated carbocycles. The van der Waals surface area contributed by atoms with Crippen molar-refractivity contribution in [3.8, 4) is 0 Å². The Balaban J connectivity index is 1.74. The van der Waals surface area contributed by atoms with Crippen LogP contribution in [0.2, 0.25) is 0 Å². The van der Waals surface area contributed by atoms with Crippen LogP contribution in [0.5, 0.6) is 0 Å². The first-order valence-electron chi connectivity index (χ1n) is 10.5. The number of carbonyl (C=O) groups excluding carboxylic acids is 1. The Kier molecular flexibility index (Phi) is 7.69. The largest absolute Gasteiger partial charge is 0.481 e. The molecule has 1 aromatic carbocycles. The third-order valence-electron chi connectivity index (χ3n) is 5.46. The highest BCUT2D eigenvalue weighted by Gasteiger charge is 2.22. The molecule has 1 heterocycles. The Morgan fingerprint density at radius 1 is 1.07 bits per heavy atom. The summed E-state index contributed by atoms with van der Waals surface area (Å²) in [6.07, 6.45) is 6.66. The summed E-state index contributed by atoms with van der Waals surface area (Å²) in [4.78, 5) is 23.2. The maximum atomic E-state index is 14.8. The fraction of sp³-hybridized carbons (Fsp3) is 0.619. The SMILES string of the molecule is O=C(O)CCCNC(=O)c1cc(F)c(NC2CCCCC2)cc1N[C@@H]1CCOC1. The van der Waals surface area contributed by atoms with Crippen LogP contribution in [0.4, 0.5) is 15.8 Å². The molecule has 0 aromatic heterocycles. The standard InChI is InChI=1S/C21H30FN3O4/c22-17-11-16(21(28)23-9-4-7-20(26)27)18(25-15-8-10-29-13-15)12-19(17)24-14-5-2-1-3-6-14/h11-12,14-15,24-25H,1-10,13H2,(H,23,28)(H,26,27)/t15-/m1/s1. The van der Waals surface area contributed by atoms with Crippen LogP contribution < -0.4 is 16.0 Å². The number of hydrogen-bond donors (Lipinski definition) is 4. The second kappa shape index (κ2) is 10.4. The number of ether oxygens (including phenoxy) is 1. The summed E-state index contributed by atoms with van der Waals surface area (Å²) < 4.78 is 20.2. The van der Waals surface area contributed by atoms with E-state index in [-0.39, 0.29) is 30.6 Å². The molecule has 0 unspecified atom stereocenters. The number of carboxylic acid groups (broad SMARTS) is 1. The van der Waals surface area contributed by atoms with Gasteiger partial charge in [-0.2, -0.15) is 0 Å². The van der Waals surface area contributed by atoms with Crippen molar-refractivity contribution in [2.75, 3.05) is 30.4 Å². The van der Waals surface area contributed by atoms with E-state index in [1.54, 1.807) is 6.07 Å². The van der Waals surface area contributed by atoms with Gasteiger partial charge >= 0.3 is 5.97 Å². The number of aliphatic carboxylic acids is 1. The summed E-state index contributed by atoms with van der Waals surface area (Å²) in [6.45, 7) is 1.42. The summed E-state index contributed by atoms with van der Waals surface area (Å²) in [5, 5.41) is 18.0. The minimum atomic E-state index is -0.910. The van der Waals surface area contributed by atoms with E-state index in [0.717, 1.165) is 32.1 Å². The molecular formula is C21H30FN3O4. The summed E-state index contributed by atoms with van der Waals surface area (Å²) in [7, 11) is 0. The maximum Gasteiger partial charge on any atom is 0.303 e. The van der Waals surface area contributed by atoms with Gasteiger partial charge < -0.3 is 25.8 Å². The third kappa shape index (κ3) is 6.32. The van der Waals surface area contributed by atoms with Gasteiger partial charge in [-0.15, -0.1) is 0 Å². The summed E-state index contributed by atoms with van der Waals surface area (Å²) in [5.74, 6) is -1.79. The number of carbonyl (C=O) groups is 2. The van der Waals surface area contributed by atoms with Crippen LogP contribution in [-0.4, -0.2) is 48.8 Å². The molecule has 1 atom stereocenters. The smallest absolute Gasteiger partial charge is 0.303 e. The van der Waals surface area contributed by atoms with Crippen LogP contribution in [0.25, 0.3) is 0 Å². The predicted octanol–water partition coefficient (Wildman–Crippen LogP) is 3.37. The van der Waals surface area contributed by atoms with E-state index >= 15 is 0 Å². The molecule has 2 aliphatic rings. The Morgan fingerprint density at radius 2 is 1.83 bits per heavy atom. The van der Waals surface area contributed by atoms with Gasteiger partial charge in [0, 0.05) is 31.3 Å². The van der Waals surface area contributed by atoms with Gasteiger partial charge in [0.2, 0.25) is 0 Å². The lowest BCUT2D eigenvalue weighted by molar-refractivity contribution is -0.137.